The van der Waals surface area contributed by atoms with Crippen LogP contribution in [-0.4, -0.2) is 40.7 Å². The zero-order valence-electron chi connectivity index (χ0n) is 21.0. The Morgan fingerprint density at radius 1 is 0.865 bits per heavy atom. The average Bonchev–Trinajstić information content (AvgIpc) is 3.56. The predicted octanol–water partition coefficient (Wildman–Crippen LogP) is 4.21. The lowest BCUT2D eigenvalue weighted by molar-refractivity contribution is -0.141. The molecule has 3 aromatic carbocycles. The molecule has 37 heavy (non-hydrogen) atoms. The van der Waals surface area contributed by atoms with Crippen LogP contribution in [0.4, 0.5) is 0 Å². The Hall–Kier alpha value is -3.91. The van der Waals surface area contributed by atoms with Crippen molar-refractivity contribution in [3.63, 3.8) is 0 Å². The number of rotatable bonds is 7. The highest BCUT2D eigenvalue weighted by atomic mass is 16.7. The van der Waals surface area contributed by atoms with Gasteiger partial charge < -0.3 is 33.7 Å². The molecular weight excluding hydrogens is 474 g/mol. The third-order valence-electron chi connectivity index (χ3n) is 7.60. The van der Waals surface area contributed by atoms with E-state index in [1.807, 2.05) is 42.5 Å². The number of hydrogen-bond acceptors (Lipinski definition) is 8. The molecule has 2 heterocycles. The summed E-state index contributed by atoms with van der Waals surface area (Å²) in [7, 11) is 4.75. The molecule has 0 aromatic heterocycles. The lowest BCUT2D eigenvalue weighted by atomic mass is 9.65. The summed E-state index contributed by atoms with van der Waals surface area (Å²) < 4.78 is 34.0. The molecule has 0 saturated carbocycles. The highest BCUT2D eigenvalue weighted by Crippen LogP contribution is 2.55. The number of ether oxygens (including phenoxy) is 6. The first kappa shape index (κ1) is 23.5. The highest BCUT2D eigenvalue weighted by Gasteiger charge is 2.52. The van der Waals surface area contributed by atoms with Crippen molar-refractivity contribution in [1.82, 2.24) is 5.32 Å². The standard InChI is InChI=1S/C29H29NO7/c1-32-23-9-17(10-24(33-2)28(23)34-3)25-18-11-21-22(37-15-36-21)12-19(18)27(20-14-35-29(31)26(20)25)30-13-16-7-5-4-6-8-16/h4-12,20,25-27,30H,13-15H2,1-3H3/t20-,25+,26-,27+/m0/s1. The summed E-state index contributed by atoms with van der Waals surface area (Å²) in [6.07, 6.45) is 0. The van der Waals surface area contributed by atoms with Crippen LogP contribution in [0.25, 0.3) is 0 Å². The van der Waals surface area contributed by atoms with E-state index >= 15 is 0 Å². The second-order valence-corrected chi connectivity index (χ2v) is 9.43. The van der Waals surface area contributed by atoms with Crippen LogP contribution in [0, 0.1) is 11.8 Å². The number of carbonyl (C=O) groups excluding carboxylic acids is 1. The van der Waals surface area contributed by atoms with Gasteiger partial charge in [-0.1, -0.05) is 30.3 Å². The fraction of sp³-hybridized carbons (Fsp3) is 0.345. The zero-order chi connectivity index (χ0) is 25.5. The van der Waals surface area contributed by atoms with E-state index in [-0.39, 0.29) is 30.6 Å². The minimum Gasteiger partial charge on any atom is -0.493 e. The van der Waals surface area contributed by atoms with Gasteiger partial charge in [-0.2, -0.15) is 0 Å². The Balaban J connectivity index is 1.50. The average molecular weight is 504 g/mol. The maximum atomic E-state index is 13.3. The van der Waals surface area contributed by atoms with Crippen molar-refractivity contribution < 1.29 is 33.2 Å². The molecule has 1 aliphatic carbocycles. The summed E-state index contributed by atoms with van der Waals surface area (Å²) in [6, 6.07) is 18.0. The van der Waals surface area contributed by atoms with Crippen molar-refractivity contribution in [2.75, 3.05) is 34.7 Å². The first-order valence-corrected chi connectivity index (χ1v) is 12.3. The molecule has 1 N–H and O–H groups in total. The summed E-state index contributed by atoms with van der Waals surface area (Å²) in [5.74, 6) is 1.96. The molecule has 0 bridgehead atoms. The summed E-state index contributed by atoms with van der Waals surface area (Å²) in [5.41, 5.74) is 4.10. The second kappa shape index (κ2) is 9.52. The van der Waals surface area contributed by atoms with Gasteiger partial charge in [0.25, 0.3) is 0 Å². The Labute approximate surface area is 215 Å². The van der Waals surface area contributed by atoms with Gasteiger partial charge >= 0.3 is 5.97 Å². The number of methoxy groups -OCH3 is 3. The Bertz CT molecular complexity index is 1300. The summed E-state index contributed by atoms with van der Waals surface area (Å²) in [4.78, 5) is 13.3. The van der Waals surface area contributed by atoms with Gasteiger partial charge in [-0.05, 0) is 46.5 Å². The molecule has 192 valence electrons. The zero-order valence-corrected chi connectivity index (χ0v) is 21.0. The first-order valence-electron chi connectivity index (χ1n) is 12.3. The number of cyclic esters (lactones) is 1. The maximum absolute atomic E-state index is 13.3. The number of esters is 1. The van der Waals surface area contributed by atoms with Crippen LogP contribution in [-0.2, 0) is 16.1 Å². The van der Waals surface area contributed by atoms with E-state index in [0.29, 0.717) is 41.9 Å². The van der Waals surface area contributed by atoms with Gasteiger partial charge in [0.1, 0.15) is 0 Å². The third kappa shape index (κ3) is 3.92. The van der Waals surface area contributed by atoms with Crippen LogP contribution in [0.15, 0.2) is 54.6 Å². The lowest BCUT2D eigenvalue weighted by Gasteiger charge is -2.39. The normalized spacial score (nSPS) is 23.2. The van der Waals surface area contributed by atoms with Gasteiger partial charge in [0, 0.05) is 24.4 Å². The Morgan fingerprint density at radius 3 is 2.19 bits per heavy atom. The molecule has 4 atom stereocenters. The second-order valence-electron chi connectivity index (χ2n) is 9.43. The van der Waals surface area contributed by atoms with Crippen LogP contribution in [0.3, 0.4) is 0 Å². The summed E-state index contributed by atoms with van der Waals surface area (Å²) in [6.45, 7) is 1.17. The van der Waals surface area contributed by atoms with Gasteiger partial charge in [0.2, 0.25) is 12.5 Å². The van der Waals surface area contributed by atoms with E-state index in [2.05, 4.69) is 17.4 Å². The lowest BCUT2D eigenvalue weighted by Crippen LogP contribution is -2.40. The van der Waals surface area contributed by atoms with Crippen LogP contribution in [0.1, 0.15) is 34.2 Å². The largest absolute Gasteiger partial charge is 0.493 e. The smallest absolute Gasteiger partial charge is 0.310 e. The number of fused-ring (bicyclic) bond motifs is 3. The molecule has 0 radical (unpaired) electrons. The van der Waals surface area contributed by atoms with Gasteiger partial charge in [0.15, 0.2) is 23.0 Å². The molecule has 3 aromatic rings. The molecule has 1 fully saturated rings. The van der Waals surface area contributed by atoms with Crippen LogP contribution >= 0.6 is 0 Å². The molecule has 8 nitrogen and oxygen atoms in total. The summed E-state index contributed by atoms with van der Waals surface area (Å²) >= 11 is 0. The van der Waals surface area contributed by atoms with E-state index in [4.69, 9.17) is 28.4 Å². The van der Waals surface area contributed by atoms with Crippen molar-refractivity contribution in [2.24, 2.45) is 11.8 Å². The van der Waals surface area contributed by atoms with Crippen molar-refractivity contribution in [1.29, 1.82) is 0 Å². The molecule has 0 unspecified atom stereocenters. The Morgan fingerprint density at radius 2 is 1.54 bits per heavy atom. The first-order chi connectivity index (χ1) is 18.1. The molecule has 6 rings (SSSR count). The maximum Gasteiger partial charge on any atom is 0.310 e. The number of nitrogens with one attached hydrogen (secondary N) is 1. The van der Waals surface area contributed by atoms with Crippen LogP contribution < -0.4 is 29.0 Å². The van der Waals surface area contributed by atoms with E-state index in [0.717, 1.165) is 16.7 Å². The number of benzene rings is 3. The Kier molecular flexibility index (Phi) is 6.04. The number of hydrogen-bond donors (Lipinski definition) is 1. The molecule has 2 aliphatic heterocycles. The molecule has 8 heteroatoms. The van der Waals surface area contributed by atoms with Crippen molar-refractivity contribution in [3.8, 4) is 28.7 Å². The van der Waals surface area contributed by atoms with Crippen molar-refractivity contribution in [3.05, 3.63) is 76.9 Å². The van der Waals surface area contributed by atoms with Gasteiger partial charge in [0.05, 0.1) is 33.9 Å². The van der Waals surface area contributed by atoms with E-state index in [9.17, 15) is 4.79 Å². The van der Waals surface area contributed by atoms with Crippen LogP contribution in [0.5, 0.6) is 28.7 Å². The van der Waals surface area contributed by atoms with Crippen LogP contribution in [0.2, 0.25) is 0 Å². The van der Waals surface area contributed by atoms with E-state index in [1.165, 1.54) is 5.56 Å². The SMILES string of the molecule is COc1cc([C@@H]2c3cc4c(cc3[C@@H](NCc3ccccc3)[C@H]3COC(=O)[C@H]23)OCO4)cc(OC)c1OC. The fourth-order valence-electron chi connectivity index (χ4n) is 5.93. The molecule has 3 aliphatic rings. The molecule has 0 spiro atoms. The van der Waals surface area contributed by atoms with E-state index < -0.39 is 5.92 Å². The van der Waals surface area contributed by atoms with Gasteiger partial charge in [-0.3, -0.25) is 4.79 Å². The minimum atomic E-state index is -0.399. The van der Waals surface area contributed by atoms with E-state index in [1.54, 1.807) is 21.3 Å². The fourth-order valence-corrected chi connectivity index (χ4v) is 5.93. The summed E-state index contributed by atoms with van der Waals surface area (Å²) in [5, 5.41) is 3.71. The third-order valence-corrected chi connectivity index (χ3v) is 7.60. The van der Waals surface area contributed by atoms with Crippen molar-refractivity contribution in [2.45, 2.75) is 18.5 Å². The minimum absolute atomic E-state index is 0.0758. The highest BCUT2D eigenvalue weighted by molar-refractivity contribution is 5.79. The number of carbonyl (C=O) groups is 1. The predicted molar refractivity (Wildman–Crippen MR) is 134 cm³/mol. The topological polar surface area (TPSA) is 84.5 Å². The van der Waals surface area contributed by atoms with Gasteiger partial charge in [-0.25, -0.2) is 0 Å². The van der Waals surface area contributed by atoms with Gasteiger partial charge in [-0.15, -0.1) is 0 Å². The quantitative estimate of drug-likeness (QED) is 0.480. The monoisotopic (exact) mass is 503 g/mol. The molecule has 1 saturated heterocycles. The van der Waals surface area contributed by atoms with Crippen molar-refractivity contribution >= 4 is 5.97 Å². The molecule has 0 amide bonds. The molecular formula is C29H29NO7.